The van der Waals surface area contributed by atoms with Crippen LogP contribution in [-0.4, -0.2) is 57.6 Å². The Morgan fingerprint density at radius 2 is 1.79 bits per heavy atom. The van der Waals surface area contributed by atoms with E-state index in [1.807, 2.05) is 27.7 Å². The number of rotatable bonds is 11. The number of carbonyl (C=O) groups excluding carboxylic acids is 2. The molecule has 0 bridgehead atoms. The first-order valence-electron chi connectivity index (χ1n) is 16.6. The molecule has 42 heavy (non-hydrogen) atoms. The van der Waals surface area contributed by atoms with Crippen LogP contribution in [0.1, 0.15) is 118 Å². The molecule has 0 radical (unpaired) electrons. The molecule has 0 spiro atoms. The Labute approximate surface area is 257 Å². The summed E-state index contributed by atoms with van der Waals surface area (Å²) in [5.74, 6) is -1.67. The first-order valence-corrected chi connectivity index (χ1v) is 15.7. The van der Waals surface area contributed by atoms with Gasteiger partial charge >= 0.3 is 11.9 Å². The van der Waals surface area contributed by atoms with E-state index in [4.69, 9.17) is 6.17 Å². The van der Waals surface area contributed by atoms with E-state index < -0.39 is 35.0 Å². The normalized spacial score (nSPS) is 27.0. The summed E-state index contributed by atoms with van der Waals surface area (Å²) in [6, 6.07) is 5.04. The van der Waals surface area contributed by atoms with Crippen molar-refractivity contribution in [2.24, 2.45) is 22.7 Å². The number of ether oxygens (including phenoxy) is 1. The Morgan fingerprint density at radius 3 is 2.33 bits per heavy atom. The number of nitrogens with one attached hydrogen (secondary N) is 1. The van der Waals surface area contributed by atoms with Gasteiger partial charge in [0.1, 0.15) is 13.0 Å². The molecular weight excluding hydrogens is 528 g/mol. The van der Waals surface area contributed by atoms with Gasteiger partial charge in [0.05, 0.1) is 12.1 Å². The lowest BCUT2D eigenvalue weighted by atomic mass is 9.68. The highest BCUT2D eigenvalue weighted by atomic mass is 16.5. The van der Waals surface area contributed by atoms with Crippen LogP contribution in [0.5, 0.6) is 0 Å². The zero-order valence-corrected chi connectivity index (χ0v) is 28.1. The third kappa shape index (κ3) is 6.27. The van der Waals surface area contributed by atoms with Crippen molar-refractivity contribution in [3.8, 4) is 0 Å². The van der Waals surface area contributed by atoms with Crippen molar-refractivity contribution in [3.05, 3.63) is 34.9 Å². The number of aliphatic carboxylic acids is 1. The predicted octanol–water partition coefficient (Wildman–Crippen LogP) is 6.64. The summed E-state index contributed by atoms with van der Waals surface area (Å²) < 4.78 is 22.8. The van der Waals surface area contributed by atoms with E-state index in [1.165, 1.54) is 5.56 Å². The largest absolute Gasteiger partial charge is 0.480 e. The zero-order valence-electron chi connectivity index (χ0n) is 30.1. The van der Waals surface area contributed by atoms with Crippen LogP contribution in [0.3, 0.4) is 0 Å². The van der Waals surface area contributed by atoms with Crippen LogP contribution >= 0.6 is 0 Å². The molecular formula is C35H56N2O5. The van der Waals surface area contributed by atoms with Gasteiger partial charge in [-0.1, -0.05) is 73.6 Å². The average molecular weight is 587 g/mol. The zero-order chi connectivity index (χ0) is 33.6. The lowest BCUT2D eigenvalue weighted by Gasteiger charge is -2.47. The molecule has 6 atom stereocenters. The molecule has 7 heteroatoms. The number of benzene rings is 1. The SMILES string of the molecule is [2H]OC(=O)[C@@H]1C[C@@H]2CC(C)(C)C(C)(C)[C@@H]2N1C(=O)[C@](C)(CC)N([2H])[C@@](C)(CC(C)c1ccc(C)c(C)c1)C(=O)OCC(C)C. The minimum Gasteiger partial charge on any atom is -0.480 e. The van der Waals surface area contributed by atoms with Crippen molar-refractivity contribution in [2.45, 2.75) is 138 Å². The summed E-state index contributed by atoms with van der Waals surface area (Å²) in [5.41, 5.74) is -0.0406. The number of aryl methyl sites for hydroxylation is 2. The van der Waals surface area contributed by atoms with Crippen LogP contribution in [0.25, 0.3) is 1.43 Å². The molecule has 7 nitrogen and oxygen atoms in total. The fraction of sp³-hybridized carbons (Fsp3) is 0.743. The topological polar surface area (TPSA) is 95.9 Å². The smallest absolute Gasteiger partial charge is 0.326 e. The van der Waals surface area contributed by atoms with Gasteiger partial charge in [-0.3, -0.25) is 14.9 Å². The first kappa shape index (κ1) is 31.0. The van der Waals surface area contributed by atoms with Gasteiger partial charge in [0, 0.05) is 6.04 Å². The summed E-state index contributed by atoms with van der Waals surface area (Å²) in [7, 11) is 0. The van der Waals surface area contributed by atoms with Crippen LogP contribution in [0.4, 0.5) is 0 Å². The highest BCUT2D eigenvalue weighted by Gasteiger charge is 2.64. The van der Waals surface area contributed by atoms with Crippen LogP contribution in [0.15, 0.2) is 18.2 Å². The van der Waals surface area contributed by atoms with Gasteiger partial charge in [0.15, 0.2) is 0 Å². The molecule has 1 aromatic rings. The van der Waals surface area contributed by atoms with Crippen LogP contribution < -0.4 is 5.31 Å². The molecule has 1 saturated carbocycles. The Hall–Kier alpha value is -2.41. The van der Waals surface area contributed by atoms with E-state index >= 15 is 0 Å². The molecule has 2 N–H and O–H groups in total. The van der Waals surface area contributed by atoms with Gasteiger partial charge < -0.3 is 14.7 Å². The molecule has 2 fully saturated rings. The van der Waals surface area contributed by atoms with Gasteiger partial charge in [-0.25, -0.2) is 4.79 Å². The number of hydrogen-bond acceptors (Lipinski definition) is 6. The van der Waals surface area contributed by atoms with E-state index in [1.54, 1.807) is 18.7 Å². The van der Waals surface area contributed by atoms with E-state index in [0.29, 0.717) is 6.42 Å². The number of carboxylic acid groups (broad SMARTS) is 1. The molecule has 1 aromatic carbocycles. The Morgan fingerprint density at radius 1 is 1.14 bits per heavy atom. The monoisotopic (exact) mass is 586 g/mol. The van der Waals surface area contributed by atoms with Crippen LogP contribution in [0, 0.1) is 36.5 Å². The predicted molar refractivity (Wildman–Crippen MR) is 167 cm³/mol. The molecule has 2 aliphatic rings. The molecule has 1 heterocycles. The van der Waals surface area contributed by atoms with Crippen molar-refractivity contribution in [2.75, 3.05) is 6.61 Å². The van der Waals surface area contributed by atoms with Crippen LogP contribution in [0.2, 0.25) is 1.41 Å². The summed E-state index contributed by atoms with van der Waals surface area (Å²) >= 11 is 0. The minimum absolute atomic E-state index is 0.0560. The van der Waals surface area contributed by atoms with Gasteiger partial charge in [0.25, 0.3) is 1.43 Å². The van der Waals surface area contributed by atoms with Crippen molar-refractivity contribution >= 4 is 17.8 Å². The van der Waals surface area contributed by atoms with Crippen molar-refractivity contribution in [1.29, 1.82) is 1.43 Å². The molecule has 236 valence electrons. The Balaban J connectivity index is 2.10. The van der Waals surface area contributed by atoms with E-state index in [2.05, 4.69) is 64.9 Å². The second-order valence-corrected chi connectivity index (χ2v) is 15.3. The van der Waals surface area contributed by atoms with Gasteiger partial charge in [0.2, 0.25) is 5.91 Å². The van der Waals surface area contributed by atoms with Gasteiger partial charge in [-0.05, 0) is 98.7 Å². The number of amides is 1. The molecule has 1 amide bonds. The summed E-state index contributed by atoms with van der Waals surface area (Å²) in [4.78, 5) is 43.5. The summed E-state index contributed by atoms with van der Waals surface area (Å²) in [6.45, 7) is 24.1. The summed E-state index contributed by atoms with van der Waals surface area (Å²) in [5, 5.41) is 5.63. The standard InChI is InChI=1S/C35H56N2O5/c1-13-34(11,30(40)37-27(29(38)39)17-26-19-32(7,8)33(9,10)28(26)37)36-35(12,31(41)42-20-21(2)3)18-24(6)25-15-14-22(4)23(5)16-25/h14-16,21,24,26-28,36H,13,17-20H2,1-12H3,(H,38,39)/t24?,26-,27+,28-,34+,35+/m1/s1/i/hD2. The maximum atomic E-state index is 14.9. The van der Waals surface area contributed by atoms with Crippen molar-refractivity contribution in [1.82, 2.24) is 10.2 Å². The molecule has 3 rings (SSSR count). The lowest BCUT2D eigenvalue weighted by molar-refractivity contribution is -0.159. The second kappa shape index (κ2) is 11.9. The third-order valence-corrected chi connectivity index (χ3v) is 10.8. The molecule has 1 aliphatic heterocycles. The average Bonchev–Trinajstić information content (AvgIpc) is 3.41. The third-order valence-electron chi connectivity index (χ3n) is 10.8. The maximum absolute atomic E-state index is 14.9. The lowest BCUT2D eigenvalue weighted by Crippen LogP contribution is -2.68. The van der Waals surface area contributed by atoms with Crippen molar-refractivity contribution in [3.63, 3.8) is 0 Å². The quantitative estimate of drug-likeness (QED) is 0.282. The summed E-state index contributed by atoms with van der Waals surface area (Å²) in [6.07, 6.45) is 1.72. The number of esters is 1. The van der Waals surface area contributed by atoms with Crippen LogP contribution in [-0.2, 0) is 19.1 Å². The van der Waals surface area contributed by atoms with E-state index in [9.17, 15) is 15.8 Å². The fourth-order valence-corrected chi connectivity index (χ4v) is 7.34. The Bertz CT molecular complexity index is 1250. The number of likely N-dealkylation sites (tertiary alicyclic amines) is 1. The molecule has 0 aromatic heterocycles. The highest BCUT2D eigenvalue weighted by Crippen LogP contribution is 2.61. The number of nitrogens with zero attached hydrogens (tertiary/aromatic N) is 1. The number of hydrogen-bond donors (Lipinski definition) is 2. The Kier molecular flexibility index (Phi) is 8.82. The molecule has 1 aliphatic carbocycles. The first-order chi connectivity index (χ1) is 20.2. The fourth-order valence-electron chi connectivity index (χ4n) is 7.34. The van der Waals surface area contributed by atoms with E-state index in [-0.39, 0.29) is 54.1 Å². The number of carboxylic acids is 1. The maximum Gasteiger partial charge on any atom is 0.326 e. The van der Waals surface area contributed by atoms with Gasteiger partial charge in [-0.15, -0.1) is 0 Å². The second-order valence-electron chi connectivity index (χ2n) is 15.3. The molecule has 1 saturated heterocycles. The molecule has 1 unspecified atom stereocenters. The number of fused-ring (bicyclic) bond motifs is 1. The highest BCUT2D eigenvalue weighted by molar-refractivity contribution is 5.92. The van der Waals surface area contributed by atoms with Crippen molar-refractivity contribution < 1.29 is 25.6 Å². The van der Waals surface area contributed by atoms with E-state index in [0.717, 1.165) is 22.9 Å². The van der Waals surface area contributed by atoms with Gasteiger partial charge in [-0.2, -0.15) is 0 Å². The minimum atomic E-state index is -1.48. The number of carbonyl (C=O) groups is 3.